The van der Waals surface area contributed by atoms with Gasteiger partial charge in [0, 0.05) is 37.8 Å². The Kier molecular flexibility index (Phi) is 5.09. The zero-order chi connectivity index (χ0) is 19.7. The zero-order valence-corrected chi connectivity index (χ0v) is 16.8. The van der Waals surface area contributed by atoms with E-state index in [4.69, 9.17) is 11.6 Å². The molecule has 0 radical (unpaired) electrons. The number of para-hydroxylation sites is 1. The number of aromatic nitrogens is 1. The van der Waals surface area contributed by atoms with Crippen LogP contribution in [0.3, 0.4) is 0 Å². The number of pyridine rings is 1. The van der Waals surface area contributed by atoms with Gasteiger partial charge in [0.15, 0.2) is 0 Å². The maximum absolute atomic E-state index is 12.8. The number of rotatable bonds is 2. The van der Waals surface area contributed by atoms with Crippen molar-refractivity contribution in [2.24, 2.45) is 0 Å². The van der Waals surface area contributed by atoms with E-state index in [9.17, 15) is 4.79 Å². The van der Waals surface area contributed by atoms with Crippen LogP contribution in [0.2, 0.25) is 5.02 Å². The number of carbonyl (C=O) groups excluding carboxylic acids is 1. The molecule has 0 spiro atoms. The Bertz CT molecular complexity index is 1000. The topological polar surface area (TPSA) is 48.5 Å². The number of anilines is 2. The highest BCUT2D eigenvalue weighted by Gasteiger charge is 2.24. The van der Waals surface area contributed by atoms with Gasteiger partial charge in [-0.1, -0.05) is 35.9 Å². The standard InChI is InChI=1S/C22H23ClN4O/c1-15-13-16(2)21(18(23)14-15)26-9-11-27(12-10-26)22(28)25-19-7-3-5-17-6-4-8-24-20(17)19/h3-8,13-14H,9-12H2,1-2H3,(H,25,28). The predicted molar refractivity (Wildman–Crippen MR) is 115 cm³/mol. The summed E-state index contributed by atoms with van der Waals surface area (Å²) in [6.45, 7) is 6.94. The molecule has 0 aliphatic carbocycles. The van der Waals surface area contributed by atoms with E-state index in [2.05, 4.69) is 28.2 Å². The number of fused-ring (bicyclic) bond motifs is 1. The Hall–Kier alpha value is -2.79. The summed E-state index contributed by atoms with van der Waals surface area (Å²) in [5.41, 5.74) is 4.95. The third kappa shape index (κ3) is 3.62. The van der Waals surface area contributed by atoms with Gasteiger partial charge in [-0.05, 0) is 43.2 Å². The van der Waals surface area contributed by atoms with E-state index in [0.29, 0.717) is 13.1 Å². The van der Waals surface area contributed by atoms with Crippen molar-refractivity contribution in [2.45, 2.75) is 13.8 Å². The molecule has 2 amide bonds. The van der Waals surface area contributed by atoms with Gasteiger partial charge in [-0.2, -0.15) is 0 Å². The molecule has 2 heterocycles. The molecule has 4 rings (SSSR count). The Balaban J connectivity index is 1.45. The van der Waals surface area contributed by atoms with Crippen LogP contribution in [0.25, 0.3) is 10.9 Å². The maximum atomic E-state index is 12.8. The quantitative estimate of drug-likeness (QED) is 0.675. The molecule has 1 aromatic heterocycles. The van der Waals surface area contributed by atoms with Crippen molar-refractivity contribution in [1.29, 1.82) is 0 Å². The number of benzene rings is 2. The second-order valence-electron chi connectivity index (χ2n) is 7.20. The molecule has 0 saturated carbocycles. The molecule has 5 nitrogen and oxygen atoms in total. The van der Waals surface area contributed by atoms with Gasteiger partial charge in [0.2, 0.25) is 0 Å². The van der Waals surface area contributed by atoms with Gasteiger partial charge in [0.1, 0.15) is 0 Å². The summed E-state index contributed by atoms with van der Waals surface area (Å²) in [7, 11) is 0. The fraction of sp³-hybridized carbons (Fsp3) is 0.273. The molecule has 0 atom stereocenters. The van der Waals surface area contributed by atoms with Gasteiger partial charge in [-0.25, -0.2) is 4.79 Å². The van der Waals surface area contributed by atoms with E-state index < -0.39 is 0 Å². The van der Waals surface area contributed by atoms with E-state index in [-0.39, 0.29) is 6.03 Å². The SMILES string of the molecule is Cc1cc(C)c(N2CCN(C(=O)Nc3cccc4cccnc34)CC2)c(Cl)c1. The molecule has 2 aromatic carbocycles. The van der Waals surface area contributed by atoms with Gasteiger partial charge in [-0.15, -0.1) is 0 Å². The second kappa shape index (κ2) is 7.68. The molecule has 144 valence electrons. The maximum Gasteiger partial charge on any atom is 0.322 e. The Morgan fingerprint density at radius 3 is 2.57 bits per heavy atom. The molecule has 0 bridgehead atoms. The molecule has 6 heteroatoms. The Morgan fingerprint density at radius 1 is 1.07 bits per heavy atom. The van der Waals surface area contributed by atoms with E-state index in [1.165, 1.54) is 5.56 Å². The summed E-state index contributed by atoms with van der Waals surface area (Å²) in [4.78, 5) is 21.3. The van der Waals surface area contributed by atoms with E-state index in [1.54, 1.807) is 6.20 Å². The molecule has 3 aromatic rings. The summed E-state index contributed by atoms with van der Waals surface area (Å²) < 4.78 is 0. The normalized spacial score (nSPS) is 14.4. The predicted octanol–water partition coefficient (Wildman–Crippen LogP) is 4.86. The fourth-order valence-corrected chi connectivity index (χ4v) is 4.28. The Morgan fingerprint density at radius 2 is 1.82 bits per heavy atom. The molecule has 1 saturated heterocycles. The van der Waals surface area contributed by atoms with Gasteiger partial charge in [0.25, 0.3) is 0 Å². The van der Waals surface area contributed by atoms with Crippen molar-refractivity contribution in [3.63, 3.8) is 0 Å². The van der Waals surface area contributed by atoms with Crippen LogP contribution in [-0.2, 0) is 0 Å². The highest BCUT2D eigenvalue weighted by Crippen LogP contribution is 2.31. The van der Waals surface area contributed by atoms with E-state index >= 15 is 0 Å². The largest absolute Gasteiger partial charge is 0.367 e. The fourth-order valence-electron chi connectivity index (χ4n) is 3.84. The van der Waals surface area contributed by atoms with Crippen molar-refractivity contribution < 1.29 is 4.79 Å². The number of hydrogen-bond donors (Lipinski definition) is 1. The van der Waals surface area contributed by atoms with Crippen LogP contribution in [0, 0.1) is 13.8 Å². The Labute approximate surface area is 169 Å². The van der Waals surface area contributed by atoms with E-state index in [0.717, 1.165) is 46.0 Å². The molecule has 1 fully saturated rings. The minimum atomic E-state index is -0.0930. The van der Waals surface area contributed by atoms with Crippen LogP contribution in [-0.4, -0.2) is 42.1 Å². The van der Waals surface area contributed by atoms with Gasteiger partial charge in [0.05, 0.1) is 21.9 Å². The first kappa shape index (κ1) is 18.6. The van der Waals surface area contributed by atoms with Crippen LogP contribution in [0.1, 0.15) is 11.1 Å². The lowest BCUT2D eigenvalue weighted by atomic mass is 10.1. The van der Waals surface area contributed by atoms with Crippen LogP contribution in [0.4, 0.5) is 16.2 Å². The first-order valence-electron chi connectivity index (χ1n) is 9.44. The number of carbonyl (C=O) groups is 1. The van der Waals surface area contributed by atoms with Crippen molar-refractivity contribution >= 4 is 39.9 Å². The molecule has 1 aliphatic rings. The van der Waals surface area contributed by atoms with Crippen LogP contribution in [0.15, 0.2) is 48.7 Å². The second-order valence-corrected chi connectivity index (χ2v) is 7.60. The number of hydrogen-bond acceptors (Lipinski definition) is 3. The van der Waals surface area contributed by atoms with Crippen LogP contribution >= 0.6 is 11.6 Å². The molecular weight excluding hydrogens is 372 g/mol. The number of amides is 2. The summed E-state index contributed by atoms with van der Waals surface area (Å²) >= 11 is 6.49. The molecule has 0 unspecified atom stereocenters. The van der Waals surface area contributed by atoms with Crippen molar-refractivity contribution in [1.82, 2.24) is 9.88 Å². The number of piperazine rings is 1. The minimum absolute atomic E-state index is 0.0930. The van der Waals surface area contributed by atoms with Gasteiger partial charge in [-0.3, -0.25) is 4.98 Å². The van der Waals surface area contributed by atoms with Gasteiger partial charge < -0.3 is 15.1 Å². The molecule has 1 aliphatic heterocycles. The molecule has 1 N–H and O–H groups in total. The highest BCUT2D eigenvalue weighted by molar-refractivity contribution is 6.33. The van der Waals surface area contributed by atoms with E-state index in [1.807, 2.05) is 48.2 Å². The van der Waals surface area contributed by atoms with Crippen LogP contribution in [0.5, 0.6) is 0 Å². The third-order valence-corrected chi connectivity index (χ3v) is 5.44. The van der Waals surface area contributed by atoms with Crippen LogP contribution < -0.4 is 10.2 Å². The lowest BCUT2D eigenvalue weighted by Crippen LogP contribution is -2.50. The first-order chi connectivity index (χ1) is 13.5. The van der Waals surface area contributed by atoms with Crippen molar-refractivity contribution in [3.05, 3.63) is 64.8 Å². The summed E-state index contributed by atoms with van der Waals surface area (Å²) in [6, 6.07) is 13.7. The highest BCUT2D eigenvalue weighted by atomic mass is 35.5. The number of aryl methyl sites for hydroxylation is 2. The summed E-state index contributed by atoms with van der Waals surface area (Å²) in [5.74, 6) is 0. The number of nitrogens with zero attached hydrogens (tertiary/aromatic N) is 3. The monoisotopic (exact) mass is 394 g/mol. The van der Waals surface area contributed by atoms with Crippen molar-refractivity contribution in [3.8, 4) is 0 Å². The summed E-state index contributed by atoms with van der Waals surface area (Å²) in [6.07, 6.45) is 1.74. The lowest BCUT2D eigenvalue weighted by Gasteiger charge is -2.37. The smallest absolute Gasteiger partial charge is 0.322 e. The lowest BCUT2D eigenvalue weighted by molar-refractivity contribution is 0.208. The molecular formula is C22H23ClN4O. The van der Waals surface area contributed by atoms with Crippen molar-refractivity contribution in [2.75, 3.05) is 36.4 Å². The number of nitrogens with one attached hydrogen (secondary N) is 1. The summed E-state index contributed by atoms with van der Waals surface area (Å²) in [5, 5.41) is 4.80. The number of halogens is 1. The first-order valence-corrected chi connectivity index (χ1v) is 9.82. The average molecular weight is 395 g/mol. The molecule has 28 heavy (non-hydrogen) atoms. The minimum Gasteiger partial charge on any atom is -0.367 e. The van der Waals surface area contributed by atoms with Gasteiger partial charge >= 0.3 is 6.03 Å². The third-order valence-electron chi connectivity index (χ3n) is 5.16. The number of urea groups is 1. The average Bonchev–Trinajstić information content (AvgIpc) is 2.68. The zero-order valence-electron chi connectivity index (χ0n) is 16.1.